The summed E-state index contributed by atoms with van der Waals surface area (Å²) in [5, 5.41) is 2.91. The van der Waals surface area contributed by atoms with Gasteiger partial charge in [0.05, 0.1) is 7.11 Å². The largest absolute Gasteiger partial charge is 0.496 e. The zero-order valence-electron chi connectivity index (χ0n) is 14.4. The first-order valence-corrected chi connectivity index (χ1v) is 8.15. The molecule has 0 aliphatic carbocycles. The van der Waals surface area contributed by atoms with Gasteiger partial charge in [-0.05, 0) is 42.7 Å². The molecule has 1 heterocycles. The average molecular weight is 339 g/mol. The van der Waals surface area contributed by atoms with E-state index in [9.17, 15) is 4.79 Å². The molecule has 2 aromatic rings. The first-order valence-electron chi connectivity index (χ1n) is 8.15. The molecule has 130 valence electrons. The van der Waals surface area contributed by atoms with Gasteiger partial charge in [-0.15, -0.1) is 0 Å². The molecule has 5 nitrogen and oxygen atoms in total. The zero-order chi connectivity index (χ0) is 17.6. The van der Waals surface area contributed by atoms with Crippen LogP contribution in [0.3, 0.4) is 0 Å². The third-order valence-electron chi connectivity index (χ3n) is 4.03. The molecule has 0 fully saturated rings. The van der Waals surface area contributed by atoms with Crippen LogP contribution in [0.2, 0.25) is 0 Å². The summed E-state index contributed by atoms with van der Waals surface area (Å²) in [6, 6.07) is 13.5. The molecule has 0 saturated carbocycles. The number of rotatable bonds is 6. The number of hydrogen-bond acceptors (Lipinski definition) is 4. The molecule has 1 N–H and O–H groups in total. The Morgan fingerprint density at radius 3 is 2.84 bits per heavy atom. The van der Waals surface area contributed by atoms with Crippen LogP contribution in [-0.4, -0.2) is 26.4 Å². The number of fused-ring (bicyclic) bond motifs is 1. The molecule has 1 amide bonds. The Balaban J connectivity index is 1.55. The number of nitrogens with one attached hydrogen (secondary N) is 1. The predicted molar refractivity (Wildman–Crippen MR) is 95.9 cm³/mol. The maximum absolute atomic E-state index is 12.1. The number of amides is 1. The predicted octanol–water partition coefficient (Wildman–Crippen LogP) is 3.19. The summed E-state index contributed by atoms with van der Waals surface area (Å²) in [4.78, 5) is 12.1. The Morgan fingerprint density at radius 2 is 2.00 bits per heavy atom. The van der Waals surface area contributed by atoms with Crippen LogP contribution in [0, 0.1) is 0 Å². The van der Waals surface area contributed by atoms with Crippen molar-refractivity contribution >= 4 is 11.5 Å². The van der Waals surface area contributed by atoms with Gasteiger partial charge in [0.2, 0.25) is 12.7 Å². The molecule has 0 spiro atoms. The van der Waals surface area contributed by atoms with Gasteiger partial charge in [0.15, 0.2) is 11.5 Å². The van der Waals surface area contributed by atoms with Crippen LogP contribution >= 0.6 is 0 Å². The molecule has 0 unspecified atom stereocenters. The fraction of sp³-hybridized carbons (Fsp3) is 0.250. The van der Waals surface area contributed by atoms with E-state index in [4.69, 9.17) is 14.2 Å². The van der Waals surface area contributed by atoms with Crippen molar-refractivity contribution in [2.24, 2.45) is 0 Å². The molecule has 5 heteroatoms. The molecule has 0 saturated heterocycles. The number of para-hydroxylation sites is 1. The molecule has 1 aliphatic heterocycles. The Morgan fingerprint density at radius 1 is 1.20 bits per heavy atom. The van der Waals surface area contributed by atoms with Crippen molar-refractivity contribution in [2.45, 2.75) is 13.3 Å². The highest BCUT2D eigenvalue weighted by Crippen LogP contribution is 2.32. The van der Waals surface area contributed by atoms with Crippen molar-refractivity contribution in [3.05, 3.63) is 59.7 Å². The monoisotopic (exact) mass is 339 g/mol. The standard InChI is InChI=1S/C20H21NO4/c1-14(16-5-3-4-6-17(16)23-2)11-20(22)21-10-9-15-7-8-18-19(12-15)25-13-24-18/h3-8,11-12H,9-10,13H2,1-2H3,(H,21,22)/b14-11+. The molecule has 3 rings (SSSR count). The van der Waals surface area contributed by atoms with Crippen LogP contribution in [0.5, 0.6) is 17.2 Å². The summed E-state index contributed by atoms with van der Waals surface area (Å²) >= 11 is 0. The van der Waals surface area contributed by atoms with Crippen molar-refractivity contribution in [3.8, 4) is 17.2 Å². The first kappa shape index (κ1) is 16.9. The van der Waals surface area contributed by atoms with E-state index in [1.807, 2.05) is 49.4 Å². The Bertz CT molecular complexity index is 798. The van der Waals surface area contributed by atoms with Gasteiger partial charge in [0.1, 0.15) is 5.75 Å². The van der Waals surface area contributed by atoms with E-state index in [-0.39, 0.29) is 12.7 Å². The highest BCUT2D eigenvalue weighted by Gasteiger charge is 2.13. The van der Waals surface area contributed by atoms with E-state index in [1.54, 1.807) is 13.2 Å². The van der Waals surface area contributed by atoms with Crippen molar-refractivity contribution < 1.29 is 19.0 Å². The molecular weight excluding hydrogens is 318 g/mol. The lowest BCUT2D eigenvalue weighted by atomic mass is 10.1. The molecule has 2 aromatic carbocycles. The smallest absolute Gasteiger partial charge is 0.244 e. The zero-order valence-corrected chi connectivity index (χ0v) is 14.4. The number of carbonyl (C=O) groups excluding carboxylic acids is 1. The Labute approximate surface area is 147 Å². The van der Waals surface area contributed by atoms with Crippen molar-refractivity contribution in [1.29, 1.82) is 0 Å². The van der Waals surface area contributed by atoms with Gasteiger partial charge in [-0.25, -0.2) is 0 Å². The molecule has 1 aliphatic rings. The van der Waals surface area contributed by atoms with Crippen LogP contribution < -0.4 is 19.5 Å². The summed E-state index contributed by atoms with van der Waals surface area (Å²) in [7, 11) is 1.62. The summed E-state index contributed by atoms with van der Waals surface area (Å²) in [6.07, 6.45) is 2.32. The number of allylic oxidation sites excluding steroid dienone is 1. The van der Waals surface area contributed by atoms with Gasteiger partial charge in [0, 0.05) is 18.2 Å². The third kappa shape index (κ3) is 4.12. The molecule has 0 aromatic heterocycles. The summed E-state index contributed by atoms with van der Waals surface area (Å²) < 4.78 is 16.0. The lowest BCUT2D eigenvalue weighted by Crippen LogP contribution is -2.23. The van der Waals surface area contributed by atoms with E-state index >= 15 is 0 Å². The molecule has 0 bridgehead atoms. The maximum atomic E-state index is 12.1. The molecule has 0 atom stereocenters. The number of ether oxygens (including phenoxy) is 3. The second-order valence-electron chi connectivity index (χ2n) is 5.76. The third-order valence-corrected chi connectivity index (χ3v) is 4.03. The molecular formula is C20H21NO4. The highest BCUT2D eigenvalue weighted by atomic mass is 16.7. The van der Waals surface area contributed by atoms with Crippen LogP contribution in [-0.2, 0) is 11.2 Å². The number of carbonyl (C=O) groups is 1. The van der Waals surface area contributed by atoms with Crippen molar-refractivity contribution in [3.63, 3.8) is 0 Å². The van der Waals surface area contributed by atoms with Crippen LogP contribution in [0.1, 0.15) is 18.1 Å². The average Bonchev–Trinajstić information content (AvgIpc) is 3.09. The highest BCUT2D eigenvalue weighted by molar-refractivity contribution is 5.95. The van der Waals surface area contributed by atoms with E-state index in [0.29, 0.717) is 6.54 Å². The topological polar surface area (TPSA) is 56.8 Å². The van der Waals surface area contributed by atoms with Crippen LogP contribution in [0.15, 0.2) is 48.5 Å². The maximum Gasteiger partial charge on any atom is 0.244 e. The van der Waals surface area contributed by atoms with E-state index in [2.05, 4.69) is 5.32 Å². The first-order chi connectivity index (χ1) is 12.2. The second-order valence-corrected chi connectivity index (χ2v) is 5.76. The summed E-state index contributed by atoms with van der Waals surface area (Å²) in [5.41, 5.74) is 2.86. The van der Waals surface area contributed by atoms with E-state index < -0.39 is 0 Å². The van der Waals surface area contributed by atoms with Crippen LogP contribution in [0.4, 0.5) is 0 Å². The summed E-state index contributed by atoms with van der Waals surface area (Å²) in [6.45, 7) is 2.71. The van der Waals surface area contributed by atoms with Crippen molar-refractivity contribution in [2.75, 3.05) is 20.4 Å². The lowest BCUT2D eigenvalue weighted by molar-refractivity contribution is -0.116. The van der Waals surface area contributed by atoms with Gasteiger partial charge >= 0.3 is 0 Å². The van der Waals surface area contributed by atoms with Crippen molar-refractivity contribution in [1.82, 2.24) is 5.32 Å². The van der Waals surface area contributed by atoms with E-state index in [0.717, 1.165) is 40.4 Å². The van der Waals surface area contributed by atoms with Gasteiger partial charge in [-0.2, -0.15) is 0 Å². The Hall–Kier alpha value is -2.95. The minimum Gasteiger partial charge on any atom is -0.496 e. The quantitative estimate of drug-likeness (QED) is 0.821. The van der Waals surface area contributed by atoms with Crippen LogP contribution in [0.25, 0.3) is 5.57 Å². The minimum absolute atomic E-state index is 0.121. The minimum atomic E-state index is -0.121. The number of hydrogen-bond donors (Lipinski definition) is 1. The lowest BCUT2D eigenvalue weighted by Gasteiger charge is -2.09. The number of benzene rings is 2. The summed E-state index contributed by atoms with van der Waals surface area (Å²) in [5.74, 6) is 2.16. The van der Waals surface area contributed by atoms with Gasteiger partial charge < -0.3 is 19.5 Å². The van der Waals surface area contributed by atoms with Gasteiger partial charge in [-0.3, -0.25) is 4.79 Å². The fourth-order valence-electron chi connectivity index (χ4n) is 2.72. The van der Waals surface area contributed by atoms with E-state index in [1.165, 1.54) is 0 Å². The van der Waals surface area contributed by atoms with Gasteiger partial charge in [-0.1, -0.05) is 24.3 Å². The SMILES string of the molecule is COc1ccccc1/C(C)=C/C(=O)NCCc1ccc2c(c1)OCO2. The second kappa shape index (κ2) is 7.75. The van der Waals surface area contributed by atoms with Gasteiger partial charge in [0.25, 0.3) is 0 Å². The number of methoxy groups -OCH3 is 1. The normalized spacial score (nSPS) is 12.8. The molecule has 25 heavy (non-hydrogen) atoms. The Kier molecular flexibility index (Phi) is 5.23. The fourth-order valence-corrected chi connectivity index (χ4v) is 2.72. The molecule has 0 radical (unpaired) electrons.